The third-order valence-electron chi connectivity index (χ3n) is 5.92. The van der Waals surface area contributed by atoms with Gasteiger partial charge >= 0.3 is 6.18 Å². The van der Waals surface area contributed by atoms with Gasteiger partial charge in [0.05, 0.1) is 12.7 Å². The molecule has 0 spiro atoms. The van der Waals surface area contributed by atoms with Gasteiger partial charge in [0.1, 0.15) is 11.6 Å². The topological polar surface area (TPSA) is 54.5 Å². The number of benzene rings is 2. The van der Waals surface area contributed by atoms with E-state index in [9.17, 15) is 22.4 Å². The largest absolute Gasteiger partial charge is 0.496 e. The Balaban J connectivity index is 1.52. The van der Waals surface area contributed by atoms with E-state index in [-0.39, 0.29) is 12.1 Å². The molecular formula is C26H25F4N3O2S. The monoisotopic (exact) mass is 519 g/mol. The number of nitrogens with one attached hydrogen (secondary N) is 1. The van der Waals surface area contributed by atoms with Crippen LogP contribution < -0.4 is 10.1 Å². The van der Waals surface area contributed by atoms with E-state index < -0.39 is 23.5 Å². The van der Waals surface area contributed by atoms with Gasteiger partial charge in [0.25, 0.3) is 5.91 Å². The third kappa shape index (κ3) is 6.36. The standard InChI is InChI=1S/C26H25F4N3O2S/c1-35-24-14-20(27)3-4-23(24)22-5-6-31-15-18(22)16-32-25(34)17-11-19(26(28,29)30)13-21(12-17)36-10-9-33-7-2-8-33/h3-6,11-15H,2,7-10,16H2,1H3,(H,32,34). The number of amides is 1. The molecule has 36 heavy (non-hydrogen) atoms. The zero-order chi connectivity index (χ0) is 25.7. The Bertz CT molecular complexity index is 1230. The Labute approximate surface area is 210 Å². The minimum Gasteiger partial charge on any atom is -0.496 e. The van der Waals surface area contributed by atoms with E-state index in [2.05, 4.69) is 15.2 Å². The van der Waals surface area contributed by atoms with Crippen molar-refractivity contribution in [1.29, 1.82) is 0 Å². The summed E-state index contributed by atoms with van der Waals surface area (Å²) in [4.78, 5) is 19.6. The Morgan fingerprint density at radius 3 is 2.64 bits per heavy atom. The highest BCUT2D eigenvalue weighted by atomic mass is 32.2. The van der Waals surface area contributed by atoms with Crippen molar-refractivity contribution in [3.05, 3.63) is 77.4 Å². The predicted octanol–water partition coefficient (Wildman–Crippen LogP) is 5.64. The van der Waals surface area contributed by atoms with Crippen LogP contribution in [-0.4, -0.2) is 48.3 Å². The predicted molar refractivity (Wildman–Crippen MR) is 131 cm³/mol. The molecule has 1 saturated heterocycles. The number of rotatable bonds is 9. The molecule has 0 radical (unpaired) electrons. The third-order valence-corrected chi connectivity index (χ3v) is 6.87. The summed E-state index contributed by atoms with van der Waals surface area (Å²) in [5.41, 5.74) is 0.937. The van der Waals surface area contributed by atoms with Crippen LogP contribution in [0.25, 0.3) is 11.1 Å². The molecule has 1 fully saturated rings. The fraction of sp³-hybridized carbons (Fsp3) is 0.308. The average Bonchev–Trinajstić information content (AvgIpc) is 2.83. The van der Waals surface area contributed by atoms with Crippen molar-refractivity contribution < 1.29 is 27.1 Å². The van der Waals surface area contributed by atoms with Crippen molar-refractivity contribution in [3.63, 3.8) is 0 Å². The first-order valence-corrected chi connectivity index (χ1v) is 12.4. The van der Waals surface area contributed by atoms with E-state index in [0.29, 0.717) is 33.1 Å². The first-order valence-electron chi connectivity index (χ1n) is 11.4. The number of hydrogen-bond donors (Lipinski definition) is 1. The average molecular weight is 520 g/mol. The van der Waals surface area contributed by atoms with Gasteiger partial charge in [-0.1, -0.05) is 0 Å². The maximum atomic E-state index is 13.6. The Kier molecular flexibility index (Phi) is 8.15. The second kappa shape index (κ2) is 11.3. The highest BCUT2D eigenvalue weighted by molar-refractivity contribution is 7.99. The first kappa shape index (κ1) is 26.0. The maximum absolute atomic E-state index is 13.6. The van der Waals surface area contributed by atoms with Crippen LogP contribution in [0, 0.1) is 5.82 Å². The summed E-state index contributed by atoms with van der Waals surface area (Å²) >= 11 is 1.30. The molecule has 1 N–H and O–H groups in total. The number of alkyl halides is 3. The molecule has 0 bridgehead atoms. The number of halogens is 4. The van der Waals surface area contributed by atoms with Gasteiger partial charge in [-0.25, -0.2) is 4.39 Å². The number of nitrogens with zero attached hydrogens (tertiary/aromatic N) is 2. The summed E-state index contributed by atoms with van der Waals surface area (Å²) in [7, 11) is 1.42. The summed E-state index contributed by atoms with van der Waals surface area (Å²) in [6.45, 7) is 2.82. The van der Waals surface area contributed by atoms with Crippen molar-refractivity contribution in [1.82, 2.24) is 15.2 Å². The van der Waals surface area contributed by atoms with Gasteiger partial charge in [-0.2, -0.15) is 13.2 Å². The number of pyridine rings is 1. The fourth-order valence-corrected chi connectivity index (χ4v) is 4.88. The molecule has 0 unspecified atom stereocenters. The van der Waals surface area contributed by atoms with Crippen LogP contribution in [0.15, 0.2) is 59.8 Å². The number of thioether (sulfide) groups is 1. The number of ether oxygens (including phenoxy) is 1. The Hall–Kier alpha value is -3.11. The number of methoxy groups -OCH3 is 1. The molecule has 2 heterocycles. The van der Waals surface area contributed by atoms with Crippen molar-refractivity contribution in [2.75, 3.05) is 32.5 Å². The smallest absolute Gasteiger partial charge is 0.416 e. The van der Waals surface area contributed by atoms with Crippen molar-refractivity contribution in [2.45, 2.75) is 24.0 Å². The summed E-state index contributed by atoms with van der Waals surface area (Å²) in [6.07, 6.45) is -0.328. The minimum atomic E-state index is -4.57. The normalized spacial score (nSPS) is 13.8. The molecule has 1 aliphatic heterocycles. The molecule has 3 aromatic rings. The molecule has 190 valence electrons. The summed E-state index contributed by atoms with van der Waals surface area (Å²) in [5.74, 6) is -0.137. The van der Waals surface area contributed by atoms with E-state index in [1.165, 1.54) is 37.1 Å². The van der Waals surface area contributed by atoms with Gasteiger partial charge in [0.2, 0.25) is 0 Å². The van der Waals surface area contributed by atoms with Crippen LogP contribution in [-0.2, 0) is 12.7 Å². The molecule has 10 heteroatoms. The molecule has 1 amide bonds. The van der Waals surface area contributed by atoms with Gasteiger partial charge in [-0.3, -0.25) is 9.78 Å². The summed E-state index contributed by atoms with van der Waals surface area (Å²) < 4.78 is 59.5. The number of carbonyl (C=O) groups excluding carboxylic acids is 1. The molecule has 0 atom stereocenters. The van der Waals surface area contributed by atoms with Crippen LogP contribution in [0.1, 0.15) is 27.9 Å². The maximum Gasteiger partial charge on any atom is 0.416 e. The summed E-state index contributed by atoms with van der Waals surface area (Å²) in [6, 6.07) is 9.24. The summed E-state index contributed by atoms with van der Waals surface area (Å²) in [5, 5.41) is 2.69. The lowest BCUT2D eigenvalue weighted by Gasteiger charge is -2.30. The molecule has 1 aromatic heterocycles. The van der Waals surface area contributed by atoms with Gasteiger partial charge in [-0.05, 0) is 67.0 Å². The Morgan fingerprint density at radius 1 is 1.14 bits per heavy atom. The van der Waals surface area contributed by atoms with E-state index in [4.69, 9.17) is 4.74 Å². The molecule has 0 saturated carbocycles. The second-order valence-electron chi connectivity index (χ2n) is 8.35. The quantitative estimate of drug-likeness (QED) is 0.293. The highest BCUT2D eigenvalue weighted by Gasteiger charge is 2.32. The van der Waals surface area contributed by atoms with Crippen molar-refractivity contribution in [3.8, 4) is 16.9 Å². The molecule has 5 nitrogen and oxygen atoms in total. The highest BCUT2D eigenvalue weighted by Crippen LogP contribution is 2.34. The first-order chi connectivity index (χ1) is 17.2. The van der Waals surface area contributed by atoms with E-state index in [0.717, 1.165) is 38.2 Å². The van der Waals surface area contributed by atoms with Gasteiger partial charge in [0.15, 0.2) is 0 Å². The number of likely N-dealkylation sites (tertiary alicyclic amines) is 1. The van der Waals surface area contributed by atoms with Gasteiger partial charge in [-0.15, -0.1) is 11.8 Å². The molecule has 4 rings (SSSR count). The lowest BCUT2D eigenvalue weighted by Crippen LogP contribution is -2.38. The van der Waals surface area contributed by atoms with E-state index in [1.807, 2.05) is 0 Å². The second-order valence-corrected chi connectivity index (χ2v) is 9.52. The Morgan fingerprint density at radius 2 is 1.94 bits per heavy atom. The van der Waals surface area contributed by atoms with Crippen LogP contribution >= 0.6 is 11.8 Å². The van der Waals surface area contributed by atoms with Gasteiger partial charge in [0, 0.05) is 53.3 Å². The minimum absolute atomic E-state index is 0.0101. The lowest BCUT2D eigenvalue weighted by molar-refractivity contribution is -0.137. The van der Waals surface area contributed by atoms with E-state index in [1.54, 1.807) is 24.5 Å². The van der Waals surface area contributed by atoms with Crippen LogP contribution in [0.3, 0.4) is 0 Å². The van der Waals surface area contributed by atoms with Crippen LogP contribution in [0.5, 0.6) is 5.75 Å². The van der Waals surface area contributed by atoms with E-state index >= 15 is 0 Å². The number of carbonyl (C=O) groups is 1. The van der Waals surface area contributed by atoms with Crippen molar-refractivity contribution in [2.24, 2.45) is 0 Å². The molecule has 2 aromatic carbocycles. The van der Waals surface area contributed by atoms with Crippen LogP contribution in [0.4, 0.5) is 17.6 Å². The van der Waals surface area contributed by atoms with Crippen molar-refractivity contribution >= 4 is 17.7 Å². The fourth-order valence-electron chi connectivity index (χ4n) is 3.87. The van der Waals surface area contributed by atoms with Crippen LogP contribution in [0.2, 0.25) is 0 Å². The molecule has 0 aliphatic carbocycles. The number of hydrogen-bond acceptors (Lipinski definition) is 5. The zero-order valence-electron chi connectivity index (χ0n) is 19.6. The zero-order valence-corrected chi connectivity index (χ0v) is 20.4. The van der Waals surface area contributed by atoms with Gasteiger partial charge < -0.3 is 15.0 Å². The molecular weight excluding hydrogens is 494 g/mol. The molecule has 1 aliphatic rings. The SMILES string of the molecule is COc1cc(F)ccc1-c1ccncc1CNC(=O)c1cc(SCCN2CCC2)cc(C(F)(F)F)c1. The lowest BCUT2D eigenvalue weighted by atomic mass is 10.0. The number of aromatic nitrogens is 1.